The number of nitrogens with one attached hydrogen (secondary N) is 1. The van der Waals surface area contributed by atoms with Gasteiger partial charge in [0.1, 0.15) is 6.10 Å². The third-order valence-electron chi connectivity index (χ3n) is 3.76. The molecule has 0 amide bonds. The van der Waals surface area contributed by atoms with Crippen LogP contribution in [0, 0.1) is 11.8 Å². The number of esters is 1. The molecule has 4 nitrogen and oxygen atoms in total. The summed E-state index contributed by atoms with van der Waals surface area (Å²) in [7, 11) is 0. The molecule has 0 radical (unpaired) electrons. The Kier molecular flexibility index (Phi) is 4.05. The highest BCUT2D eigenvalue weighted by molar-refractivity contribution is 5.73. The Morgan fingerprint density at radius 2 is 1.82 bits per heavy atom. The van der Waals surface area contributed by atoms with Gasteiger partial charge in [-0.1, -0.05) is 6.92 Å². The van der Waals surface area contributed by atoms with Crippen LogP contribution in [0.5, 0.6) is 0 Å². The molecule has 1 N–H and O–H groups in total. The molecule has 0 aliphatic carbocycles. The quantitative estimate of drug-likeness (QED) is 0.741. The second-order valence-electron chi connectivity index (χ2n) is 5.53. The first-order valence-electron chi connectivity index (χ1n) is 6.63. The summed E-state index contributed by atoms with van der Waals surface area (Å²) in [6.45, 7) is 7.85. The van der Waals surface area contributed by atoms with Gasteiger partial charge in [-0.05, 0) is 26.3 Å². The molecule has 2 aliphatic heterocycles. The van der Waals surface area contributed by atoms with Crippen molar-refractivity contribution in [1.29, 1.82) is 0 Å². The number of carbonyl (C=O) groups excluding carboxylic acids is 1. The van der Waals surface area contributed by atoms with E-state index in [1.807, 2.05) is 13.8 Å². The average molecular weight is 241 g/mol. The smallest absolute Gasteiger partial charge is 0.310 e. The van der Waals surface area contributed by atoms with Crippen LogP contribution in [-0.2, 0) is 14.3 Å². The summed E-state index contributed by atoms with van der Waals surface area (Å²) >= 11 is 0. The zero-order valence-electron chi connectivity index (χ0n) is 10.9. The molecule has 0 bridgehead atoms. The van der Waals surface area contributed by atoms with Crippen LogP contribution >= 0.6 is 0 Å². The third-order valence-corrected chi connectivity index (χ3v) is 3.76. The Morgan fingerprint density at radius 1 is 1.18 bits per heavy atom. The molecule has 2 fully saturated rings. The van der Waals surface area contributed by atoms with Crippen LogP contribution in [0.25, 0.3) is 0 Å². The van der Waals surface area contributed by atoms with E-state index in [-0.39, 0.29) is 30.2 Å². The first kappa shape index (κ1) is 12.8. The summed E-state index contributed by atoms with van der Waals surface area (Å²) in [5, 5.41) is 3.23. The lowest BCUT2D eigenvalue weighted by Gasteiger charge is -2.32. The lowest BCUT2D eigenvalue weighted by Crippen LogP contribution is -2.37. The fourth-order valence-corrected chi connectivity index (χ4v) is 2.82. The highest BCUT2D eigenvalue weighted by Crippen LogP contribution is 2.24. The predicted octanol–water partition coefficient (Wildman–Crippen LogP) is 1.34. The van der Waals surface area contributed by atoms with Gasteiger partial charge in [0, 0.05) is 19.4 Å². The van der Waals surface area contributed by atoms with Gasteiger partial charge in [-0.3, -0.25) is 4.79 Å². The van der Waals surface area contributed by atoms with Crippen LogP contribution in [-0.4, -0.2) is 37.4 Å². The molecule has 0 aromatic heterocycles. The lowest BCUT2D eigenvalue weighted by atomic mass is 9.97. The molecule has 2 rings (SSSR count). The van der Waals surface area contributed by atoms with Crippen LogP contribution in [0.4, 0.5) is 0 Å². The van der Waals surface area contributed by atoms with Gasteiger partial charge in [-0.25, -0.2) is 0 Å². The van der Waals surface area contributed by atoms with Crippen LogP contribution in [0.15, 0.2) is 0 Å². The van der Waals surface area contributed by atoms with Gasteiger partial charge in [-0.15, -0.1) is 0 Å². The first-order chi connectivity index (χ1) is 8.06. The van der Waals surface area contributed by atoms with E-state index in [9.17, 15) is 4.79 Å². The highest BCUT2D eigenvalue weighted by Gasteiger charge is 2.34. The van der Waals surface area contributed by atoms with Crippen molar-refractivity contribution in [2.24, 2.45) is 11.8 Å². The Bertz CT molecular complexity index is 272. The fourth-order valence-electron chi connectivity index (χ4n) is 2.82. The molecule has 4 unspecified atom stereocenters. The zero-order chi connectivity index (χ0) is 12.4. The van der Waals surface area contributed by atoms with Gasteiger partial charge >= 0.3 is 5.97 Å². The van der Waals surface area contributed by atoms with E-state index in [1.165, 1.54) is 0 Å². The second kappa shape index (κ2) is 5.36. The molecular formula is C13H23NO3. The van der Waals surface area contributed by atoms with Gasteiger partial charge < -0.3 is 14.8 Å². The minimum atomic E-state index is -0.0335. The zero-order valence-corrected chi connectivity index (χ0v) is 10.9. The van der Waals surface area contributed by atoms with E-state index in [4.69, 9.17) is 9.47 Å². The van der Waals surface area contributed by atoms with Crippen molar-refractivity contribution in [3.63, 3.8) is 0 Å². The molecule has 2 saturated heterocycles. The van der Waals surface area contributed by atoms with Crippen LogP contribution in [0.3, 0.4) is 0 Å². The van der Waals surface area contributed by atoms with Crippen LogP contribution in [0.1, 0.15) is 33.6 Å². The normalized spacial score (nSPS) is 42.4. The average Bonchev–Trinajstić information content (AvgIpc) is 2.62. The van der Waals surface area contributed by atoms with Crippen molar-refractivity contribution in [1.82, 2.24) is 5.32 Å². The van der Waals surface area contributed by atoms with Crippen molar-refractivity contribution in [3.05, 3.63) is 0 Å². The fraction of sp³-hybridized carbons (Fsp3) is 0.923. The van der Waals surface area contributed by atoms with Crippen LogP contribution in [0.2, 0.25) is 0 Å². The van der Waals surface area contributed by atoms with E-state index in [2.05, 4.69) is 12.2 Å². The van der Waals surface area contributed by atoms with E-state index < -0.39 is 0 Å². The van der Waals surface area contributed by atoms with E-state index in [0.717, 1.165) is 25.9 Å². The summed E-state index contributed by atoms with van der Waals surface area (Å²) in [5.74, 6) is 0.384. The molecule has 4 atom stereocenters. The standard InChI is InChI=1S/C13H23NO3/c1-8-6-14-7-12(8)13(15)17-11-4-9(2)16-10(3)5-11/h8-12,14H,4-7H2,1-3H3. The second-order valence-corrected chi connectivity index (χ2v) is 5.53. The molecular weight excluding hydrogens is 218 g/mol. The number of ether oxygens (including phenoxy) is 2. The topological polar surface area (TPSA) is 47.6 Å². The Hall–Kier alpha value is -0.610. The monoisotopic (exact) mass is 241 g/mol. The van der Waals surface area contributed by atoms with E-state index >= 15 is 0 Å². The molecule has 0 saturated carbocycles. The van der Waals surface area contributed by atoms with Gasteiger partial charge in [-0.2, -0.15) is 0 Å². The van der Waals surface area contributed by atoms with Crippen molar-refractivity contribution < 1.29 is 14.3 Å². The number of hydrogen-bond acceptors (Lipinski definition) is 4. The first-order valence-corrected chi connectivity index (χ1v) is 6.63. The summed E-state index contributed by atoms with van der Waals surface area (Å²) in [6, 6.07) is 0. The minimum absolute atomic E-state index is 0.0310. The van der Waals surface area contributed by atoms with Crippen molar-refractivity contribution in [2.45, 2.75) is 51.9 Å². The molecule has 2 aliphatic rings. The van der Waals surface area contributed by atoms with Crippen molar-refractivity contribution in [2.75, 3.05) is 13.1 Å². The molecule has 2 heterocycles. The maximum atomic E-state index is 12.0. The minimum Gasteiger partial charge on any atom is -0.462 e. The summed E-state index contributed by atoms with van der Waals surface area (Å²) < 4.78 is 11.3. The lowest BCUT2D eigenvalue weighted by molar-refractivity contribution is -0.164. The maximum Gasteiger partial charge on any atom is 0.310 e. The molecule has 0 aromatic carbocycles. The molecule has 0 aromatic rings. The molecule has 17 heavy (non-hydrogen) atoms. The van der Waals surface area contributed by atoms with Gasteiger partial charge in [0.05, 0.1) is 18.1 Å². The predicted molar refractivity (Wildman–Crippen MR) is 64.6 cm³/mol. The van der Waals surface area contributed by atoms with Crippen molar-refractivity contribution >= 4 is 5.97 Å². The van der Waals surface area contributed by atoms with E-state index in [0.29, 0.717) is 5.92 Å². The highest BCUT2D eigenvalue weighted by atomic mass is 16.6. The Balaban J connectivity index is 1.85. The van der Waals surface area contributed by atoms with Crippen molar-refractivity contribution in [3.8, 4) is 0 Å². The molecule has 98 valence electrons. The maximum absolute atomic E-state index is 12.0. The summed E-state index contributed by atoms with van der Waals surface area (Å²) in [5.41, 5.74) is 0. The number of carbonyl (C=O) groups is 1. The Morgan fingerprint density at radius 3 is 2.35 bits per heavy atom. The van der Waals surface area contributed by atoms with Gasteiger partial charge in [0.25, 0.3) is 0 Å². The summed E-state index contributed by atoms with van der Waals surface area (Å²) in [4.78, 5) is 12.0. The van der Waals surface area contributed by atoms with E-state index in [1.54, 1.807) is 0 Å². The molecule has 4 heteroatoms. The summed E-state index contributed by atoms with van der Waals surface area (Å²) in [6.07, 6.45) is 2.07. The van der Waals surface area contributed by atoms with Crippen LogP contribution < -0.4 is 5.32 Å². The number of rotatable bonds is 2. The van der Waals surface area contributed by atoms with Gasteiger partial charge in [0.2, 0.25) is 0 Å². The Labute approximate surface area is 103 Å². The molecule has 0 spiro atoms. The SMILES string of the molecule is CC1CC(OC(=O)C2CNCC2C)CC(C)O1. The number of hydrogen-bond donors (Lipinski definition) is 1. The third kappa shape index (κ3) is 3.19. The largest absolute Gasteiger partial charge is 0.462 e. The van der Waals surface area contributed by atoms with Gasteiger partial charge in [0.15, 0.2) is 0 Å².